The lowest BCUT2D eigenvalue weighted by molar-refractivity contribution is -0.114. The van der Waals surface area contributed by atoms with E-state index in [1.807, 2.05) is 0 Å². The Bertz CT molecular complexity index is 1120. The third-order valence-corrected chi connectivity index (χ3v) is 5.95. The van der Waals surface area contributed by atoms with Crippen molar-refractivity contribution in [2.75, 3.05) is 28.6 Å². The van der Waals surface area contributed by atoms with Crippen molar-refractivity contribution < 1.29 is 9.32 Å². The highest BCUT2D eigenvalue weighted by Crippen LogP contribution is 2.39. The molecule has 0 spiro atoms. The molecule has 1 saturated carbocycles. The average molecular weight is 455 g/mol. The van der Waals surface area contributed by atoms with Gasteiger partial charge in [0.2, 0.25) is 23.7 Å². The molecular formula is C21H23ClN8O2. The Morgan fingerprint density at radius 2 is 1.94 bits per heavy atom. The highest BCUT2D eigenvalue weighted by atomic mass is 35.5. The van der Waals surface area contributed by atoms with Crippen molar-refractivity contribution in [3.05, 3.63) is 41.3 Å². The first kappa shape index (κ1) is 20.6. The second-order valence-corrected chi connectivity index (χ2v) is 8.54. The lowest BCUT2D eigenvalue weighted by Crippen LogP contribution is -2.34. The molecule has 0 unspecified atom stereocenters. The Hall–Kier alpha value is -3.27. The van der Waals surface area contributed by atoms with Crippen LogP contribution in [-0.4, -0.2) is 44.1 Å². The molecule has 0 bridgehead atoms. The highest BCUT2D eigenvalue weighted by molar-refractivity contribution is 6.33. The average Bonchev–Trinajstić information content (AvgIpc) is 3.53. The highest BCUT2D eigenvalue weighted by Gasteiger charge is 2.31. The molecular weight excluding hydrogens is 432 g/mol. The summed E-state index contributed by atoms with van der Waals surface area (Å²) in [6, 6.07) is 5.23. The molecule has 1 saturated heterocycles. The number of benzene rings is 1. The van der Waals surface area contributed by atoms with Gasteiger partial charge in [-0.25, -0.2) is 9.97 Å². The van der Waals surface area contributed by atoms with Crippen LogP contribution in [0, 0.1) is 0 Å². The van der Waals surface area contributed by atoms with E-state index in [9.17, 15) is 4.79 Å². The molecule has 2 aromatic heterocycles. The van der Waals surface area contributed by atoms with Crippen LogP contribution in [0.4, 0.5) is 23.3 Å². The third kappa shape index (κ3) is 4.64. The summed E-state index contributed by atoms with van der Waals surface area (Å²) < 4.78 is 5.51. The van der Waals surface area contributed by atoms with Crippen molar-refractivity contribution >= 4 is 40.8 Å². The van der Waals surface area contributed by atoms with Gasteiger partial charge in [-0.3, -0.25) is 4.79 Å². The SMILES string of the molecule is CC(=O)Nc1cc(Nc2ncnc(N3CCC(c4nc(C5CC5)no4)CC3)n2)ccc1Cl. The molecule has 3 aromatic rings. The molecule has 1 aliphatic carbocycles. The Morgan fingerprint density at radius 3 is 2.69 bits per heavy atom. The lowest BCUT2D eigenvalue weighted by Gasteiger charge is -2.30. The molecule has 166 valence electrons. The number of carbonyl (C=O) groups is 1. The fourth-order valence-corrected chi connectivity index (χ4v) is 3.93. The van der Waals surface area contributed by atoms with E-state index in [1.165, 1.54) is 13.3 Å². The first-order valence-corrected chi connectivity index (χ1v) is 11.0. The van der Waals surface area contributed by atoms with Crippen molar-refractivity contribution in [1.82, 2.24) is 25.1 Å². The minimum absolute atomic E-state index is 0.195. The van der Waals surface area contributed by atoms with Gasteiger partial charge in [0.05, 0.1) is 10.7 Å². The molecule has 2 aliphatic rings. The maximum absolute atomic E-state index is 11.4. The van der Waals surface area contributed by atoms with Crippen molar-refractivity contribution in [3.63, 3.8) is 0 Å². The van der Waals surface area contributed by atoms with E-state index >= 15 is 0 Å². The van der Waals surface area contributed by atoms with E-state index < -0.39 is 0 Å². The molecule has 11 heteroatoms. The van der Waals surface area contributed by atoms with Gasteiger partial charge in [-0.15, -0.1) is 0 Å². The first-order valence-electron chi connectivity index (χ1n) is 10.7. The van der Waals surface area contributed by atoms with Crippen molar-refractivity contribution in [2.45, 2.75) is 44.4 Å². The summed E-state index contributed by atoms with van der Waals surface area (Å²) in [5.74, 6) is 3.21. The Morgan fingerprint density at radius 1 is 1.12 bits per heavy atom. The van der Waals surface area contributed by atoms with Crippen LogP contribution in [0.15, 0.2) is 29.0 Å². The predicted molar refractivity (Wildman–Crippen MR) is 119 cm³/mol. The summed E-state index contributed by atoms with van der Waals surface area (Å²) in [5, 5.41) is 10.4. The Labute approximate surface area is 189 Å². The number of anilines is 4. The minimum atomic E-state index is -0.195. The van der Waals surface area contributed by atoms with Crippen LogP contribution in [0.25, 0.3) is 0 Å². The van der Waals surface area contributed by atoms with E-state index in [0.717, 1.165) is 50.5 Å². The zero-order chi connectivity index (χ0) is 22.1. The fourth-order valence-electron chi connectivity index (χ4n) is 3.76. The van der Waals surface area contributed by atoms with E-state index in [2.05, 4.69) is 40.6 Å². The third-order valence-electron chi connectivity index (χ3n) is 5.62. The number of hydrogen-bond acceptors (Lipinski definition) is 9. The minimum Gasteiger partial charge on any atom is -0.341 e. The monoisotopic (exact) mass is 454 g/mol. The second kappa shape index (κ2) is 8.70. The predicted octanol–water partition coefficient (Wildman–Crippen LogP) is 3.87. The number of piperidine rings is 1. The topological polar surface area (TPSA) is 122 Å². The van der Waals surface area contributed by atoms with Crippen molar-refractivity contribution in [1.29, 1.82) is 0 Å². The molecule has 10 nitrogen and oxygen atoms in total. The van der Waals surface area contributed by atoms with Crippen LogP contribution in [0.1, 0.15) is 56.2 Å². The van der Waals surface area contributed by atoms with Gasteiger partial charge in [0.15, 0.2) is 5.82 Å². The standard InChI is InChI=1S/C21H23ClN8O2/c1-12(31)25-17-10-15(4-5-16(17)22)26-20-23-11-24-21(28-20)30-8-6-14(7-9-30)19-27-18(29-32-19)13-2-3-13/h4-5,10-11,13-14H,2-3,6-9H2,1H3,(H,25,31)(H,23,24,26,28). The number of nitrogens with zero attached hydrogens (tertiary/aromatic N) is 6. The molecule has 1 amide bonds. The van der Waals surface area contributed by atoms with Crippen LogP contribution in [0.2, 0.25) is 5.02 Å². The van der Waals surface area contributed by atoms with Gasteiger partial charge in [0, 0.05) is 37.5 Å². The van der Waals surface area contributed by atoms with Crippen molar-refractivity contribution in [2.24, 2.45) is 0 Å². The molecule has 2 N–H and O–H groups in total. The second-order valence-electron chi connectivity index (χ2n) is 8.14. The molecule has 5 rings (SSSR count). The van der Waals surface area contributed by atoms with Gasteiger partial charge < -0.3 is 20.1 Å². The molecule has 1 aliphatic heterocycles. The number of rotatable bonds is 6. The Kier molecular flexibility index (Phi) is 5.60. The van der Waals surface area contributed by atoms with Crippen LogP contribution < -0.4 is 15.5 Å². The normalized spacial score (nSPS) is 16.8. The lowest BCUT2D eigenvalue weighted by atomic mass is 9.97. The number of halogens is 1. The molecule has 32 heavy (non-hydrogen) atoms. The number of nitrogens with one attached hydrogen (secondary N) is 2. The van der Waals surface area contributed by atoms with Gasteiger partial charge in [0.25, 0.3) is 0 Å². The fraction of sp³-hybridized carbons (Fsp3) is 0.429. The number of amides is 1. The molecule has 0 atom stereocenters. The smallest absolute Gasteiger partial charge is 0.231 e. The summed E-state index contributed by atoms with van der Waals surface area (Å²) in [6.07, 6.45) is 5.62. The van der Waals surface area contributed by atoms with Gasteiger partial charge in [0.1, 0.15) is 6.33 Å². The van der Waals surface area contributed by atoms with Crippen LogP contribution in [0.3, 0.4) is 0 Å². The summed E-state index contributed by atoms with van der Waals surface area (Å²) in [7, 11) is 0. The van der Waals surface area contributed by atoms with Gasteiger partial charge in [-0.2, -0.15) is 9.97 Å². The molecule has 3 heterocycles. The van der Waals surface area contributed by atoms with E-state index in [4.69, 9.17) is 16.1 Å². The van der Waals surface area contributed by atoms with Gasteiger partial charge in [-0.1, -0.05) is 16.8 Å². The van der Waals surface area contributed by atoms with Gasteiger partial charge in [-0.05, 0) is 43.9 Å². The summed E-state index contributed by atoms with van der Waals surface area (Å²) in [5.41, 5.74) is 1.23. The van der Waals surface area contributed by atoms with Crippen LogP contribution >= 0.6 is 11.6 Å². The number of aromatic nitrogens is 5. The largest absolute Gasteiger partial charge is 0.341 e. The Balaban J connectivity index is 1.23. The van der Waals surface area contributed by atoms with E-state index in [-0.39, 0.29) is 11.8 Å². The molecule has 2 fully saturated rings. The van der Waals surface area contributed by atoms with Crippen LogP contribution in [0.5, 0.6) is 0 Å². The number of carbonyl (C=O) groups excluding carboxylic acids is 1. The molecule has 0 radical (unpaired) electrons. The number of hydrogen-bond donors (Lipinski definition) is 2. The van der Waals surface area contributed by atoms with E-state index in [1.54, 1.807) is 18.2 Å². The van der Waals surface area contributed by atoms with Crippen molar-refractivity contribution in [3.8, 4) is 0 Å². The maximum Gasteiger partial charge on any atom is 0.231 e. The zero-order valence-electron chi connectivity index (χ0n) is 17.6. The quantitative estimate of drug-likeness (QED) is 0.571. The maximum atomic E-state index is 11.4. The first-order chi connectivity index (χ1) is 15.5. The van der Waals surface area contributed by atoms with Gasteiger partial charge >= 0.3 is 0 Å². The summed E-state index contributed by atoms with van der Waals surface area (Å²) >= 11 is 6.14. The van der Waals surface area contributed by atoms with E-state index in [0.29, 0.717) is 34.2 Å². The molecule has 1 aromatic carbocycles. The summed E-state index contributed by atoms with van der Waals surface area (Å²) in [4.78, 5) is 31.2. The van der Waals surface area contributed by atoms with Crippen LogP contribution in [-0.2, 0) is 4.79 Å². The zero-order valence-corrected chi connectivity index (χ0v) is 18.3. The summed E-state index contributed by atoms with van der Waals surface area (Å²) in [6.45, 7) is 3.02.